The number of carbonyl (C=O) groups excluding carboxylic acids is 2. The maximum atomic E-state index is 13.4. The summed E-state index contributed by atoms with van der Waals surface area (Å²) in [4.78, 5) is 28.1. The summed E-state index contributed by atoms with van der Waals surface area (Å²) in [6, 6.07) is 13.7. The number of ketones is 1. The minimum atomic E-state index is -0.999. The molecule has 0 spiro atoms. The predicted octanol–water partition coefficient (Wildman–Crippen LogP) is 5.31. The van der Waals surface area contributed by atoms with Crippen molar-refractivity contribution in [3.05, 3.63) is 87.4 Å². The number of carbonyl (C=O) groups is 2. The summed E-state index contributed by atoms with van der Waals surface area (Å²) in [6.07, 6.45) is 0. The minimum absolute atomic E-state index is 0.0514. The molecule has 1 amide bonds. The van der Waals surface area contributed by atoms with Crippen LogP contribution in [0.15, 0.2) is 60.2 Å². The molecule has 7 nitrogen and oxygen atoms in total. The SMILES string of the molecule is COc1ccc(/C(O)=C2/C(=O)C(=O)N(c3cc(C)cc(C)c3)C2c2ccc(O)c(Cl)c2)c(OC)c1. The molecule has 3 aromatic rings. The van der Waals surface area contributed by atoms with Crippen LogP contribution < -0.4 is 14.4 Å². The number of methoxy groups -OCH3 is 2. The number of aromatic hydroxyl groups is 1. The summed E-state index contributed by atoms with van der Waals surface area (Å²) in [5, 5.41) is 21.4. The smallest absolute Gasteiger partial charge is 0.300 e. The second-order valence-electron chi connectivity index (χ2n) is 8.29. The van der Waals surface area contributed by atoms with Gasteiger partial charge in [-0.1, -0.05) is 23.7 Å². The monoisotopic (exact) mass is 493 g/mol. The van der Waals surface area contributed by atoms with E-state index in [-0.39, 0.29) is 27.7 Å². The van der Waals surface area contributed by atoms with E-state index in [0.29, 0.717) is 17.0 Å². The van der Waals surface area contributed by atoms with Crippen LogP contribution >= 0.6 is 11.6 Å². The second kappa shape index (κ2) is 9.35. The molecule has 4 rings (SSSR count). The van der Waals surface area contributed by atoms with Crippen LogP contribution in [-0.2, 0) is 9.59 Å². The average Bonchev–Trinajstić information content (AvgIpc) is 3.09. The highest BCUT2D eigenvalue weighted by Gasteiger charge is 2.47. The van der Waals surface area contributed by atoms with E-state index in [2.05, 4.69) is 0 Å². The fourth-order valence-corrected chi connectivity index (χ4v) is 4.53. The van der Waals surface area contributed by atoms with Gasteiger partial charge < -0.3 is 19.7 Å². The van der Waals surface area contributed by atoms with Crippen LogP contribution in [0.1, 0.15) is 28.3 Å². The lowest BCUT2D eigenvalue weighted by atomic mass is 9.94. The normalized spacial score (nSPS) is 17.1. The summed E-state index contributed by atoms with van der Waals surface area (Å²) in [6.45, 7) is 3.78. The number of hydrogen-bond acceptors (Lipinski definition) is 6. The molecule has 0 aromatic heterocycles. The van der Waals surface area contributed by atoms with Gasteiger partial charge in [-0.15, -0.1) is 0 Å². The summed E-state index contributed by atoms with van der Waals surface area (Å²) in [7, 11) is 2.93. The van der Waals surface area contributed by atoms with Crippen molar-refractivity contribution in [1.29, 1.82) is 0 Å². The van der Waals surface area contributed by atoms with Gasteiger partial charge in [0.15, 0.2) is 0 Å². The number of aliphatic hydroxyl groups is 1. The molecular formula is C27H24ClNO6. The maximum absolute atomic E-state index is 13.4. The molecule has 0 saturated carbocycles. The first-order valence-electron chi connectivity index (χ1n) is 10.8. The van der Waals surface area contributed by atoms with Gasteiger partial charge in [0.05, 0.1) is 36.4 Å². The summed E-state index contributed by atoms with van der Waals surface area (Å²) >= 11 is 6.18. The standard InChI is InChI=1S/C27H24ClNO6/c1-14-9-15(2)11-17(10-14)29-24(16-5-8-21(30)20(28)12-16)23(26(32)27(29)33)25(31)19-7-6-18(34-3)13-22(19)35-4/h5-13,24,30-31H,1-4H3/b25-23-. The number of ether oxygens (including phenoxy) is 2. The third-order valence-corrected chi connectivity index (χ3v) is 6.18. The number of phenolic OH excluding ortho intramolecular Hbond substituents is 1. The van der Waals surface area contributed by atoms with Gasteiger partial charge in [-0.25, -0.2) is 0 Å². The van der Waals surface area contributed by atoms with Crippen molar-refractivity contribution in [2.24, 2.45) is 0 Å². The molecule has 180 valence electrons. The molecule has 0 radical (unpaired) electrons. The Balaban J connectivity index is 2.00. The molecule has 1 unspecified atom stereocenters. The molecule has 1 atom stereocenters. The van der Waals surface area contributed by atoms with Gasteiger partial charge >= 0.3 is 0 Å². The molecule has 8 heteroatoms. The Morgan fingerprint density at radius 3 is 2.23 bits per heavy atom. The topological polar surface area (TPSA) is 96.3 Å². The number of rotatable bonds is 5. The number of aliphatic hydroxyl groups excluding tert-OH is 1. The Labute approximate surface area is 207 Å². The lowest BCUT2D eigenvalue weighted by molar-refractivity contribution is -0.132. The van der Waals surface area contributed by atoms with Gasteiger partial charge in [0.2, 0.25) is 0 Å². The first-order chi connectivity index (χ1) is 16.7. The number of anilines is 1. The minimum Gasteiger partial charge on any atom is -0.507 e. The van der Waals surface area contributed by atoms with Gasteiger partial charge in [-0.05, 0) is 66.9 Å². The van der Waals surface area contributed by atoms with Crippen molar-refractivity contribution >= 4 is 34.7 Å². The lowest BCUT2D eigenvalue weighted by Crippen LogP contribution is -2.29. The fourth-order valence-electron chi connectivity index (χ4n) is 4.34. The molecule has 1 saturated heterocycles. The fraction of sp³-hybridized carbons (Fsp3) is 0.185. The Morgan fingerprint density at radius 2 is 1.63 bits per heavy atom. The van der Waals surface area contributed by atoms with Gasteiger partial charge in [-0.2, -0.15) is 0 Å². The number of Topliss-reactive ketones (excluding diaryl/α,β-unsaturated/α-hetero) is 1. The summed E-state index contributed by atoms with van der Waals surface area (Å²) < 4.78 is 10.6. The zero-order valence-electron chi connectivity index (χ0n) is 19.6. The van der Waals surface area contributed by atoms with E-state index in [1.807, 2.05) is 19.9 Å². The molecule has 0 aliphatic carbocycles. The third-order valence-electron chi connectivity index (χ3n) is 5.88. The second-order valence-corrected chi connectivity index (χ2v) is 8.70. The van der Waals surface area contributed by atoms with Crippen LogP contribution in [0.2, 0.25) is 5.02 Å². The van der Waals surface area contributed by atoms with E-state index < -0.39 is 23.5 Å². The van der Waals surface area contributed by atoms with Crippen LogP contribution in [0.4, 0.5) is 5.69 Å². The Morgan fingerprint density at radius 1 is 0.943 bits per heavy atom. The number of amides is 1. The molecule has 1 heterocycles. The molecule has 0 bridgehead atoms. The van der Waals surface area contributed by atoms with Crippen molar-refractivity contribution in [2.45, 2.75) is 19.9 Å². The van der Waals surface area contributed by atoms with Gasteiger partial charge in [0.25, 0.3) is 11.7 Å². The van der Waals surface area contributed by atoms with Gasteiger partial charge in [0.1, 0.15) is 23.0 Å². The van der Waals surface area contributed by atoms with E-state index in [1.165, 1.54) is 31.3 Å². The van der Waals surface area contributed by atoms with E-state index in [0.717, 1.165) is 11.1 Å². The van der Waals surface area contributed by atoms with Crippen LogP contribution in [0.5, 0.6) is 17.2 Å². The van der Waals surface area contributed by atoms with Crippen LogP contribution in [0.25, 0.3) is 5.76 Å². The molecule has 1 fully saturated rings. The number of phenols is 1. The van der Waals surface area contributed by atoms with E-state index in [1.54, 1.807) is 36.4 Å². The van der Waals surface area contributed by atoms with E-state index in [4.69, 9.17) is 21.1 Å². The first kappa shape index (κ1) is 24.2. The molecule has 1 aliphatic rings. The Kier molecular flexibility index (Phi) is 6.45. The van der Waals surface area contributed by atoms with Crippen LogP contribution in [-0.4, -0.2) is 36.1 Å². The Bertz CT molecular complexity index is 1360. The first-order valence-corrected chi connectivity index (χ1v) is 11.1. The molecular weight excluding hydrogens is 470 g/mol. The lowest BCUT2D eigenvalue weighted by Gasteiger charge is -2.26. The van der Waals surface area contributed by atoms with Crippen LogP contribution in [0.3, 0.4) is 0 Å². The molecule has 1 aliphatic heterocycles. The Hall–Kier alpha value is -3.97. The summed E-state index contributed by atoms with van der Waals surface area (Å²) in [5.41, 5.74) is 2.85. The quantitative estimate of drug-likeness (QED) is 0.284. The zero-order chi connectivity index (χ0) is 25.4. The van der Waals surface area contributed by atoms with Crippen molar-refractivity contribution < 1.29 is 29.3 Å². The predicted molar refractivity (Wildman–Crippen MR) is 133 cm³/mol. The summed E-state index contributed by atoms with van der Waals surface area (Å²) in [5.74, 6) is -1.43. The highest BCUT2D eigenvalue weighted by Crippen LogP contribution is 2.45. The van der Waals surface area contributed by atoms with Gasteiger partial charge in [-0.3, -0.25) is 14.5 Å². The maximum Gasteiger partial charge on any atom is 0.300 e. The third kappa shape index (κ3) is 4.31. The zero-order valence-corrected chi connectivity index (χ0v) is 20.4. The van der Waals surface area contributed by atoms with Crippen molar-refractivity contribution in [3.8, 4) is 17.2 Å². The molecule has 3 aromatic carbocycles. The van der Waals surface area contributed by atoms with Crippen molar-refractivity contribution in [1.82, 2.24) is 0 Å². The van der Waals surface area contributed by atoms with Crippen molar-refractivity contribution in [2.75, 3.05) is 19.1 Å². The van der Waals surface area contributed by atoms with Gasteiger partial charge in [0, 0.05) is 11.8 Å². The van der Waals surface area contributed by atoms with E-state index >= 15 is 0 Å². The van der Waals surface area contributed by atoms with E-state index in [9.17, 15) is 19.8 Å². The highest BCUT2D eigenvalue weighted by atomic mass is 35.5. The largest absolute Gasteiger partial charge is 0.507 e. The number of aryl methyl sites for hydroxylation is 2. The van der Waals surface area contributed by atoms with Crippen LogP contribution in [0, 0.1) is 13.8 Å². The molecule has 2 N–H and O–H groups in total. The van der Waals surface area contributed by atoms with Crippen molar-refractivity contribution in [3.63, 3.8) is 0 Å². The number of hydrogen-bond donors (Lipinski definition) is 2. The number of halogens is 1. The average molecular weight is 494 g/mol. The molecule has 35 heavy (non-hydrogen) atoms. The number of benzene rings is 3. The number of nitrogens with zero attached hydrogens (tertiary/aromatic N) is 1. The highest BCUT2D eigenvalue weighted by molar-refractivity contribution is 6.51.